The summed E-state index contributed by atoms with van der Waals surface area (Å²) in [6.07, 6.45) is 4.08. The number of rotatable bonds is 4. The summed E-state index contributed by atoms with van der Waals surface area (Å²) in [6.45, 7) is 4.02. The monoisotopic (exact) mass is 262 g/mol. The maximum Gasteiger partial charge on any atom is 0.223 e. The van der Waals surface area contributed by atoms with Gasteiger partial charge in [-0.05, 0) is 38.5 Å². The van der Waals surface area contributed by atoms with E-state index in [1.807, 2.05) is 0 Å². The molecule has 1 atom stereocenters. The first-order valence-corrected chi connectivity index (χ1v) is 6.25. The summed E-state index contributed by atoms with van der Waals surface area (Å²) in [6, 6.07) is 0. The Hall–Kier alpha value is -0.320. The summed E-state index contributed by atoms with van der Waals surface area (Å²) in [7, 11) is 0. The molecule has 0 aromatic rings. The predicted octanol–water partition coefficient (Wildman–Crippen LogP) is 1.08. The van der Waals surface area contributed by atoms with Gasteiger partial charge in [0.15, 0.2) is 0 Å². The van der Waals surface area contributed by atoms with Crippen LogP contribution in [0.15, 0.2) is 0 Å². The Balaban J connectivity index is 0.00000144. The molecule has 0 aromatic carbocycles. The summed E-state index contributed by atoms with van der Waals surface area (Å²) in [5.74, 6) is 0.878. The molecule has 0 spiro atoms. The van der Waals surface area contributed by atoms with Crippen LogP contribution in [0.3, 0.4) is 0 Å². The fraction of sp³-hybridized carbons (Fsp3) is 0.917. The standard InChI is InChI=1S/C12H22N2O2.ClH/c1-12(8-13,10-2-3-10)14-11(15)9-4-6-16-7-5-9;/h9-10H,2-8,13H2,1H3,(H,14,15);1H. The number of hydrogen-bond acceptors (Lipinski definition) is 3. The molecule has 0 aromatic heterocycles. The van der Waals surface area contributed by atoms with Crippen LogP contribution in [0.4, 0.5) is 0 Å². The molecule has 2 fully saturated rings. The number of amides is 1. The van der Waals surface area contributed by atoms with Crippen molar-refractivity contribution in [1.29, 1.82) is 0 Å². The minimum atomic E-state index is -0.185. The number of carbonyl (C=O) groups excluding carboxylic acids is 1. The van der Waals surface area contributed by atoms with Gasteiger partial charge in [-0.3, -0.25) is 4.79 Å². The first kappa shape index (κ1) is 14.7. The van der Waals surface area contributed by atoms with Gasteiger partial charge in [0.1, 0.15) is 0 Å². The summed E-state index contributed by atoms with van der Waals surface area (Å²) >= 11 is 0. The van der Waals surface area contributed by atoms with E-state index < -0.39 is 0 Å². The third-order valence-electron chi connectivity index (χ3n) is 3.90. The average molecular weight is 263 g/mol. The quantitative estimate of drug-likeness (QED) is 0.797. The molecule has 1 aliphatic carbocycles. The average Bonchev–Trinajstić information content (AvgIpc) is 3.14. The fourth-order valence-electron chi connectivity index (χ4n) is 2.38. The minimum absolute atomic E-state index is 0. The predicted molar refractivity (Wildman–Crippen MR) is 69.1 cm³/mol. The lowest BCUT2D eigenvalue weighted by atomic mass is 9.92. The lowest BCUT2D eigenvalue weighted by molar-refractivity contribution is -0.129. The highest BCUT2D eigenvalue weighted by molar-refractivity contribution is 5.85. The molecule has 17 heavy (non-hydrogen) atoms. The molecule has 1 amide bonds. The van der Waals surface area contributed by atoms with Crippen molar-refractivity contribution in [2.24, 2.45) is 17.6 Å². The van der Waals surface area contributed by atoms with Crippen molar-refractivity contribution in [1.82, 2.24) is 5.32 Å². The van der Waals surface area contributed by atoms with Gasteiger partial charge in [-0.1, -0.05) is 0 Å². The van der Waals surface area contributed by atoms with Gasteiger partial charge in [-0.25, -0.2) is 0 Å². The maximum atomic E-state index is 12.1. The molecule has 1 saturated carbocycles. The molecular weight excluding hydrogens is 240 g/mol. The fourth-order valence-corrected chi connectivity index (χ4v) is 2.38. The van der Waals surface area contributed by atoms with Gasteiger partial charge < -0.3 is 15.8 Å². The molecule has 100 valence electrons. The van der Waals surface area contributed by atoms with Gasteiger partial charge in [0.2, 0.25) is 5.91 Å². The van der Waals surface area contributed by atoms with Crippen molar-refractivity contribution in [2.75, 3.05) is 19.8 Å². The van der Waals surface area contributed by atoms with Gasteiger partial charge in [-0.2, -0.15) is 0 Å². The molecule has 2 rings (SSSR count). The number of hydrogen-bond donors (Lipinski definition) is 2. The second-order valence-corrected chi connectivity index (χ2v) is 5.27. The van der Waals surface area contributed by atoms with Gasteiger partial charge in [0.25, 0.3) is 0 Å². The van der Waals surface area contributed by atoms with Crippen molar-refractivity contribution < 1.29 is 9.53 Å². The number of halogens is 1. The Morgan fingerprint density at radius 1 is 1.35 bits per heavy atom. The first-order valence-electron chi connectivity index (χ1n) is 6.25. The molecular formula is C12H23ClN2O2. The second-order valence-electron chi connectivity index (χ2n) is 5.27. The minimum Gasteiger partial charge on any atom is -0.381 e. The molecule has 1 unspecified atom stereocenters. The number of nitrogens with two attached hydrogens (primary N) is 1. The summed E-state index contributed by atoms with van der Waals surface area (Å²) in [4.78, 5) is 12.1. The van der Waals surface area contributed by atoms with E-state index in [4.69, 9.17) is 10.5 Å². The Kier molecular flexibility index (Phi) is 5.22. The Morgan fingerprint density at radius 2 is 1.94 bits per heavy atom. The van der Waals surface area contributed by atoms with Crippen LogP contribution in [-0.4, -0.2) is 31.2 Å². The van der Waals surface area contributed by atoms with Crippen molar-refractivity contribution in [3.8, 4) is 0 Å². The zero-order valence-corrected chi connectivity index (χ0v) is 11.2. The van der Waals surface area contributed by atoms with E-state index in [0.717, 1.165) is 12.8 Å². The maximum absolute atomic E-state index is 12.1. The van der Waals surface area contributed by atoms with Crippen LogP contribution in [-0.2, 0) is 9.53 Å². The van der Waals surface area contributed by atoms with Crippen LogP contribution in [0.5, 0.6) is 0 Å². The third kappa shape index (κ3) is 3.57. The Bertz CT molecular complexity index is 265. The van der Waals surface area contributed by atoms with E-state index in [1.165, 1.54) is 12.8 Å². The first-order chi connectivity index (χ1) is 7.65. The molecule has 0 bridgehead atoms. The van der Waals surface area contributed by atoms with E-state index >= 15 is 0 Å². The number of carbonyl (C=O) groups is 1. The van der Waals surface area contributed by atoms with Crippen molar-refractivity contribution >= 4 is 18.3 Å². The second kappa shape index (κ2) is 6.03. The zero-order valence-electron chi connectivity index (χ0n) is 10.4. The summed E-state index contributed by atoms with van der Waals surface area (Å²) in [5.41, 5.74) is 5.60. The van der Waals surface area contributed by atoms with Crippen molar-refractivity contribution in [2.45, 2.75) is 38.1 Å². The van der Waals surface area contributed by atoms with Crippen molar-refractivity contribution in [3.63, 3.8) is 0 Å². The van der Waals surface area contributed by atoms with Crippen molar-refractivity contribution in [3.05, 3.63) is 0 Å². The highest BCUT2D eigenvalue weighted by Gasteiger charge is 2.42. The Morgan fingerprint density at radius 3 is 2.41 bits per heavy atom. The van der Waals surface area contributed by atoms with Crippen LogP contribution in [0.2, 0.25) is 0 Å². The molecule has 1 aliphatic heterocycles. The van der Waals surface area contributed by atoms with Crippen LogP contribution >= 0.6 is 12.4 Å². The van der Waals surface area contributed by atoms with Crippen LogP contribution in [0.1, 0.15) is 32.6 Å². The molecule has 3 N–H and O–H groups in total. The van der Waals surface area contributed by atoms with Gasteiger partial charge >= 0.3 is 0 Å². The van der Waals surface area contributed by atoms with Gasteiger partial charge in [0, 0.05) is 25.7 Å². The highest BCUT2D eigenvalue weighted by atomic mass is 35.5. The molecule has 4 nitrogen and oxygen atoms in total. The van der Waals surface area contributed by atoms with Gasteiger partial charge in [0.05, 0.1) is 5.54 Å². The summed E-state index contributed by atoms with van der Waals surface area (Å²) in [5, 5.41) is 3.16. The molecule has 5 heteroatoms. The molecule has 1 saturated heterocycles. The van der Waals surface area contributed by atoms with E-state index in [0.29, 0.717) is 25.7 Å². The zero-order chi connectivity index (χ0) is 11.6. The smallest absolute Gasteiger partial charge is 0.223 e. The number of nitrogens with one attached hydrogen (secondary N) is 1. The highest BCUT2D eigenvalue weighted by Crippen LogP contribution is 2.39. The SMILES string of the molecule is CC(CN)(NC(=O)C1CCOCC1)C1CC1.Cl. The van der Waals surface area contributed by atoms with E-state index in [1.54, 1.807) is 0 Å². The normalized spacial score (nSPS) is 24.6. The third-order valence-corrected chi connectivity index (χ3v) is 3.90. The Labute approximate surface area is 109 Å². The number of ether oxygens (including phenoxy) is 1. The molecule has 2 aliphatic rings. The van der Waals surface area contributed by atoms with Crippen LogP contribution in [0.25, 0.3) is 0 Å². The lowest BCUT2D eigenvalue weighted by Crippen LogP contribution is -2.55. The molecule has 0 radical (unpaired) electrons. The molecule has 1 heterocycles. The van der Waals surface area contributed by atoms with E-state index in [-0.39, 0.29) is 29.8 Å². The largest absolute Gasteiger partial charge is 0.381 e. The van der Waals surface area contributed by atoms with Crippen LogP contribution in [0, 0.1) is 11.8 Å². The van der Waals surface area contributed by atoms with E-state index in [9.17, 15) is 4.79 Å². The van der Waals surface area contributed by atoms with Gasteiger partial charge in [-0.15, -0.1) is 12.4 Å². The summed E-state index contributed by atoms with van der Waals surface area (Å²) < 4.78 is 5.26. The van der Waals surface area contributed by atoms with Crippen LogP contribution < -0.4 is 11.1 Å². The lowest BCUT2D eigenvalue weighted by Gasteiger charge is -2.32. The topological polar surface area (TPSA) is 64.3 Å². The van der Waals surface area contributed by atoms with E-state index in [2.05, 4.69) is 12.2 Å².